The molecule has 3 nitrogen and oxygen atoms in total. The zero-order valence-corrected chi connectivity index (χ0v) is 11.0. The van der Waals surface area contributed by atoms with Crippen LogP contribution in [0.25, 0.3) is 0 Å². The molecule has 0 bridgehead atoms. The highest BCUT2D eigenvalue weighted by molar-refractivity contribution is 8.00. The van der Waals surface area contributed by atoms with Gasteiger partial charge in [-0.1, -0.05) is 19.1 Å². The number of thioether (sulfide) groups is 1. The second-order valence-corrected chi connectivity index (χ2v) is 5.08. The maximum atomic E-state index is 10.8. The molecule has 4 heteroatoms. The SMILES string of the molecule is CCC(SCCOc1cccc(C)c1)C(=O)O. The van der Waals surface area contributed by atoms with Crippen molar-refractivity contribution >= 4 is 17.7 Å². The van der Waals surface area contributed by atoms with E-state index in [9.17, 15) is 4.79 Å². The molecule has 0 saturated carbocycles. The van der Waals surface area contributed by atoms with Crippen LogP contribution >= 0.6 is 11.8 Å². The van der Waals surface area contributed by atoms with Gasteiger partial charge < -0.3 is 9.84 Å². The molecule has 1 aromatic carbocycles. The lowest BCUT2D eigenvalue weighted by molar-refractivity contribution is -0.136. The molecule has 0 fully saturated rings. The van der Waals surface area contributed by atoms with Gasteiger partial charge in [-0.2, -0.15) is 0 Å². The molecule has 1 unspecified atom stereocenters. The molecule has 0 aliphatic carbocycles. The summed E-state index contributed by atoms with van der Waals surface area (Å²) in [5.41, 5.74) is 1.16. The number of aryl methyl sites for hydroxylation is 1. The molecule has 1 aromatic rings. The Kier molecular flexibility index (Phi) is 5.91. The highest BCUT2D eigenvalue weighted by Gasteiger charge is 2.14. The summed E-state index contributed by atoms with van der Waals surface area (Å²) < 4.78 is 5.55. The Morgan fingerprint density at radius 1 is 1.53 bits per heavy atom. The van der Waals surface area contributed by atoms with Gasteiger partial charge in [0.05, 0.1) is 6.61 Å². The molecule has 1 N–H and O–H groups in total. The smallest absolute Gasteiger partial charge is 0.316 e. The zero-order valence-electron chi connectivity index (χ0n) is 10.2. The van der Waals surface area contributed by atoms with Crippen molar-refractivity contribution in [2.45, 2.75) is 25.5 Å². The summed E-state index contributed by atoms with van der Waals surface area (Å²) in [6, 6.07) is 7.84. The second-order valence-electron chi connectivity index (χ2n) is 3.77. The number of hydrogen-bond acceptors (Lipinski definition) is 3. The van der Waals surface area contributed by atoms with E-state index in [0.29, 0.717) is 18.8 Å². The van der Waals surface area contributed by atoms with Crippen molar-refractivity contribution in [2.24, 2.45) is 0 Å². The van der Waals surface area contributed by atoms with Crippen molar-refractivity contribution in [1.29, 1.82) is 0 Å². The van der Waals surface area contributed by atoms with E-state index in [4.69, 9.17) is 9.84 Å². The maximum absolute atomic E-state index is 10.8. The van der Waals surface area contributed by atoms with Gasteiger partial charge in [-0.3, -0.25) is 4.79 Å². The summed E-state index contributed by atoms with van der Waals surface area (Å²) in [6.07, 6.45) is 0.643. The third-order valence-corrected chi connectivity index (χ3v) is 3.65. The minimum Gasteiger partial charge on any atom is -0.493 e. The Morgan fingerprint density at radius 3 is 2.88 bits per heavy atom. The number of hydrogen-bond donors (Lipinski definition) is 1. The fourth-order valence-electron chi connectivity index (χ4n) is 1.42. The van der Waals surface area contributed by atoms with Crippen molar-refractivity contribution in [3.05, 3.63) is 29.8 Å². The molecule has 1 rings (SSSR count). The van der Waals surface area contributed by atoms with Gasteiger partial charge in [0.15, 0.2) is 0 Å². The van der Waals surface area contributed by atoms with Crippen molar-refractivity contribution in [1.82, 2.24) is 0 Å². The Labute approximate surface area is 106 Å². The third-order valence-electron chi connectivity index (χ3n) is 2.31. The van der Waals surface area contributed by atoms with E-state index in [-0.39, 0.29) is 5.25 Å². The molecule has 0 radical (unpaired) electrons. The average Bonchev–Trinajstić information content (AvgIpc) is 2.28. The molecule has 94 valence electrons. The predicted octanol–water partition coefficient (Wildman–Crippen LogP) is 2.97. The Bertz CT molecular complexity index is 365. The van der Waals surface area contributed by atoms with Gasteiger partial charge in [-0.05, 0) is 31.0 Å². The summed E-state index contributed by atoms with van der Waals surface area (Å²) in [6.45, 7) is 4.43. The first kappa shape index (κ1) is 13.9. The average molecular weight is 254 g/mol. The van der Waals surface area contributed by atoms with Crippen LogP contribution in [0.4, 0.5) is 0 Å². The van der Waals surface area contributed by atoms with Crippen LogP contribution in [0, 0.1) is 6.92 Å². The van der Waals surface area contributed by atoms with Crippen molar-refractivity contribution in [2.75, 3.05) is 12.4 Å². The molecule has 1 atom stereocenters. The van der Waals surface area contributed by atoms with Gasteiger partial charge in [0.1, 0.15) is 11.0 Å². The summed E-state index contributed by atoms with van der Waals surface area (Å²) >= 11 is 1.43. The molecule has 0 heterocycles. The maximum Gasteiger partial charge on any atom is 0.316 e. The van der Waals surface area contributed by atoms with Crippen molar-refractivity contribution in [3.8, 4) is 5.75 Å². The Morgan fingerprint density at radius 2 is 2.29 bits per heavy atom. The van der Waals surface area contributed by atoms with Crippen LogP contribution in [0.1, 0.15) is 18.9 Å². The standard InChI is InChI=1S/C13H18O3S/c1-3-12(13(14)15)17-8-7-16-11-6-4-5-10(2)9-11/h4-6,9,12H,3,7-8H2,1-2H3,(H,14,15). The summed E-state index contributed by atoms with van der Waals surface area (Å²) in [5, 5.41) is 8.54. The molecule has 0 amide bonds. The fraction of sp³-hybridized carbons (Fsp3) is 0.462. The number of benzene rings is 1. The number of carboxylic acids is 1. The van der Waals surface area contributed by atoms with Crippen LogP contribution in [-0.2, 0) is 4.79 Å². The Balaban J connectivity index is 2.26. The molecular weight excluding hydrogens is 236 g/mol. The van der Waals surface area contributed by atoms with E-state index in [1.807, 2.05) is 38.1 Å². The van der Waals surface area contributed by atoms with Gasteiger partial charge in [0, 0.05) is 5.75 Å². The highest BCUT2D eigenvalue weighted by atomic mass is 32.2. The Hall–Kier alpha value is -1.16. The lowest BCUT2D eigenvalue weighted by Crippen LogP contribution is -2.16. The normalized spacial score (nSPS) is 12.1. The lowest BCUT2D eigenvalue weighted by atomic mass is 10.2. The van der Waals surface area contributed by atoms with Crippen LogP contribution in [0.2, 0.25) is 0 Å². The monoisotopic (exact) mass is 254 g/mol. The van der Waals surface area contributed by atoms with Crippen LogP contribution < -0.4 is 4.74 Å². The summed E-state index contributed by atoms with van der Waals surface area (Å²) in [4.78, 5) is 10.8. The molecule has 17 heavy (non-hydrogen) atoms. The first-order valence-electron chi connectivity index (χ1n) is 5.67. The number of carboxylic acid groups (broad SMARTS) is 1. The number of carbonyl (C=O) groups is 1. The van der Waals surface area contributed by atoms with Crippen LogP contribution in [0.5, 0.6) is 5.75 Å². The highest BCUT2D eigenvalue weighted by Crippen LogP contribution is 2.16. The van der Waals surface area contributed by atoms with Gasteiger partial charge >= 0.3 is 5.97 Å². The molecule has 0 aliphatic rings. The van der Waals surface area contributed by atoms with E-state index in [1.54, 1.807) is 0 Å². The lowest BCUT2D eigenvalue weighted by Gasteiger charge is -2.10. The molecule has 0 aromatic heterocycles. The van der Waals surface area contributed by atoms with E-state index in [1.165, 1.54) is 11.8 Å². The zero-order chi connectivity index (χ0) is 12.7. The quantitative estimate of drug-likeness (QED) is 0.760. The van der Waals surface area contributed by atoms with Gasteiger partial charge in [0.2, 0.25) is 0 Å². The largest absolute Gasteiger partial charge is 0.493 e. The fourth-order valence-corrected chi connectivity index (χ4v) is 2.26. The minimum atomic E-state index is -0.743. The topological polar surface area (TPSA) is 46.5 Å². The van der Waals surface area contributed by atoms with Crippen LogP contribution in [-0.4, -0.2) is 28.7 Å². The van der Waals surface area contributed by atoms with Gasteiger partial charge in [-0.15, -0.1) is 11.8 Å². The van der Waals surface area contributed by atoms with Gasteiger partial charge in [-0.25, -0.2) is 0 Å². The van der Waals surface area contributed by atoms with Crippen LogP contribution in [0.3, 0.4) is 0 Å². The van der Waals surface area contributed by atoms with Crippen LogP contribution in [0.15, 0.2) is 24.3 Å². The first-order chi connectivity index (χ1) is 8.13. The second kappa shape index (κ2) is 7.22. The first-order valence-corrected chi connectivity index (χ1v) is 6.72. The molecule has 0 aliphatic heterocycles. The molecular formula is C13H18O3S. The van der Waals surface area contributed by atoms with Crippen molar-refractivity contribution in [3.63, 3.8) is 0 Å². The summed E-state index contributed by atoms with van der Waals surface area (Å²) in [7, 11) is 0. The minimum absolute atomic E-state index is 0.323. The van der Waals surface area contributed by atoms with E-state index >= 15 is 0 Å². The van der Waals surface area contributed by atoms with E-state index in [0.717, 1.165) is 11.3 Å². The summed E-state index contributed by atoms with van der Waals surface area (Å²) in [5.74, 6) is 0.792. The van der Waals surface area contributed by atoms with Gasteiger partial charge in [0.25, 0.3) is 0 Å². The number of ether oxygens (including phenoxy) is 1. The molecule has 0 spiro atoms. The van der Waals surface area contributed by atoms with E-state index < -0.39 is 5.97 Å². The number of rotatable bonds is 7. The third kappa shape index (κ3) is 5.13. The van der Waals surface area contributed by atoms with E-state index in [2.05, 4.69) is 0 Å². The predicted molar refractivity (Wildman–Crippen MR) is 70.8 cm³/mol. The van der Waals surface area contributed by atoms with Crippen molar-refractivity contribution < 1.29 is 14.6 Å². The number of aliphatic carboxylic acids is 1. The molecule has 0 saturated heterocycles.